The van der Waals surface area contributed by atoms with E-state index in [1.54, 1.807) is 23.9 Å². The summed E-state index contributed by atoms with van der Waals surface area (Å²) in [4.78, 5) is 1.01. The molecule has 0 aliphatic carbocycles. The molecule has 3 nitrogen and oxygen atoms in total. The summed E-state index contributed by atoms with van der Waals surface area (Å²) in [6.07, 6.45) is 0. The standard InChI is InChI=1S/C10H12Cl2N2OS/c1-6(10(13)14-15)5-16-7-2-3-8(11)9(12)4-7/h2-4,6,15H,5H2,1H3,(H2,13,14). The number of hydrogen-bond acceptors (Lipinski definition) is 3. The molecule has 1 atom stereocenters. The van der Waals surface area contributed by atoms with Crippen LogP contribution in [0.15, 0.2) is 28.3 Å². The maximum absolute atomic E-state index is 8.50. The number of amidine groups is 1. The van der Waals surface area contributed by atoms with Crippen LogP contribution in [0.4, 0.5) is 0 Å². The number of rotatable bonds is 4. The lowest BCUT2D eigenvalue weighted by molar-refractivity contribution is 0.315. The average molecular weight is 279 g/mol. The Kier molecular flexibility index (Phi) is 5.25. The lowest BCUT2D eigenvalue weighted by Crippen LogP contribution is -2.22. The predicted molar refractivity (Wildman–Crippen MR) is 69.8 cm³/mol. The van der Waals surface area contributed by atoms with Gasteiger partial charge in [0, 0.05) is 16.6 Å². The SMILES string of the molecule is CC(CSc1ccc(Cl)c(Cl)c1)C(N)=NO. The molecule has 16 heavy (non-hydrogen) atoms. The highest BCUT2D eigenvalue weighted by atomic mass is 35.5. The minimum atomic E-state index is 0.00412. The van der Waals surface area contributed by atoms with Crippen LogP contribution in [-0.4, -0.2) is 16.8 Å². The molecule has 0 bridgehead atoms. The van der Waals surface area contributed by atoms with E-state index in [-0.39, 0.29) is 11.8 Å². The van der Waals surface area contributed by atoms with Gasteiger partial charge in [-0.2, -0.15) is 0 Å². The summed E-state index contributed by atoms with van der Waals surface area (Å²) < 4.78 is 0. The molecule has 0 saturated carbocycles. The van der Waals surface area contributed by atoms with Crippen molar-refractivity contribution in [3.8, 4) is 0 Å². The highest BCUT2D eigenvalue weighted by Crippen LogP contribution is 2.28. The van der Waals surface area contributed by atoms with Crippen molar-refractivity contribution in [1.82, 2.24) is 0 Å². The van der Waals surface area contributed by atoms with E-state index in [9.17, 15) is 0 Å². The van der Waals surface area contributed by atoms with Crippen molar-refractivity contribution in [2.24, 2.45) is 16.8 Å². The first kappa shape index (κ1) is 13.5. The lowest BCUT2D eigenvalue weighted by Gasteiger charge is -2.09. The van der Waals surface area contributed by atoms with Crippen LogP contribution in [-0.2, 0) is 0 Å². The van der Waals surface area contributed by atoms with Crippen molar-refractivity contribution >= 4 is 40.8 Å². The maximum atomic E-state index is 8.50. The summed E-state index contributed by atoms with van der Waals surface area (Å²) in [6, 6.07) is 5.44. The second-order valence-electron chi connectivity index (χ2n) is 3.31. The van der Waals surface area contributed by atoms with Gasteiger partial charge in [0.1, 0.15) is 5.84 Å². The van der Waals surface area contributed by atoms with Crippen LogP contribution in [0.5, 0.6) is 0 Å². The van der Waals surface area contributed by atoms with Crippen molar-refractivity contribution in [1.29, 1.82) is 0 Å². The van der Waals surface area contributed by atoms with Crippen molar-refractivity contribution in [3.05, 3.63) is 28.2 Å². The van der Waals surface area contributed by atoms with Crippen LogP contribution >= 0.6 is 35.0 Å². The van der Waals surface area contributed by atoms with Crippen LogP contribution in [0.25, 0.3) is 0 Å². The molecule has 0 aliphatic rings. The predicted octanol–water partition coefficient (Wildman–Crippen LogP) is 3.47. The Labute approximate surface area is 109 Å². The molecule has 1 aromatic carbocycles. The number of oxime groups is 1. The van der Waals surface area contributed by atoms with Gasteiger partial charge in [-0.15, -0.1) is 11.8 Å². The number of hydrogen-bond donors (Lipinski definition) is 2. The zero-order valence-electron chi connectivity index (χ0n) is 8.65. The van der Waals surface area contributed by atoms with E-state index in [2.05, 4.69) is 5.16 Å². The summed E-state index contributed by atoms with van der Waals surface area (Å²) in [5.74, 6) is 0.949. The van der Waals surface area contributed by atoms with Crippen LogP contribution in [0.3, 0.4) is 0 Å². The summed E-state index contributed by atoms with van der Waals surface area (Å²) in [6.45, 7) is 1.89. The topological polar surface area (TPSA) is 58.6 Å². The van der Waals surface area contributed by atoms with Gasteiger partial charge >= 0.3 is 0 Å². The Hall–Kier alpha value is -0.580. The van der Waals surface area contributed by atoms with E-state index in [4.69, 9.17) is 34.1 Å². The van der Waals surface area contributed by atoms with Crippen molar-refractivity contribution in [2.75, 3.05) is 5.75 Å². The summed E-state index contributed by atoms with van der Waals surface area (Å²) in [5.41, 5.74) is 5.47. The Morgan fingerprint density at radius 1 is 1.50 bits per heavy atom. The zero-order valence-corrected chi connectivity index (χ0v) is 11.0. The Morgan fingerprint density at radius 3 is 2.75 bits per heavy atom. The van der Waals surface area contributed by atoms with Crippen molar-refractivity contribution < 1.29 is 5.21 Å². The third kappa shape index (κ3) is 3.77. The molecule has 3 N–H and O–H groups in total. The smallest absolute Gasteiger partial charge is 0.142 e. The van der Waals surface area contributed by atoms with Crippen molar-refractivity contribution in [2.45, 2.75) is 11.8 Å². The summed E-state index contributed by atoms with van der Waals surface area (Å²) in [7, 11) is 0. The third-order valence-corrected chi connectivity index (χ3v) is 4.00. The van der Waals surface area contributed by atoms with E-state index >= 15 is 0 Å². The Morgan fingerprint density at radius 2 is 2.19 bits per heavy atom. The summed E-state index contributed by atoms with van der Waals surface area (Å²) >= 11 is 13.3. The van der Waals surface area contributed by atoms with Gasteiger partial charge in [0.05, 0.1) is 10.0 Å². The molecule has 0 saturated heterocycles. The van der Waals surface area contributed by atoms with Gasteiger partial charge in [0.15, 0.2) is 0 Å². The molecule has 6 heteroatoms. The first-order chi connectivity index (χ1) is 7.54. The molecule has 88 valence electrons. The fourth-order valence-electron chi connectivity index (χ4n) is 0.972. The first-order valence-corrected chi connectivity index (χ1v) is 6.34. The maximum Gasteiger partial charge on any atom is 0.142 e. The largest absolute Gasteiger partial charge is 0.409 e. The van der Waals surface area contributed by atoms with Crippen LogP contribution < -0.4 is 5.73 Å². The van der Waals surface area contributed by atoms with E-state index in [0.717, 1.165) is 4.90 Å². The molecule has 0 aromatic heterocycles. The van der Waals surface area contributed by atoms with Gasteiger partial charge in [-0.3, -0.25) is 0 Å². The number of halogens is 2. The van der Waals surface area contributed by atoms with E-state index < -0.39 is 0 Å². The molecular weight excluding hydrogens is 267 g/mol. The molecule has 0 radical (unpaired) electrons. The van der Waals surface area contributed by atoms with E-state index in [1.165, 1.54) is 0 Å². The number of nitrogens with zero attached hydrogens (tertiary/aromatic N) is 1. The molecule has 1 unspecified atom stereocenters. The third-order valence-electron chi connectivity index (χ3n) is 2.01. The van der Waals surface area contributed by atoms with Gasteiger partial charge in [-0.05, 0) is 18.2 Å². The fraction of sp³-hybridized carbons (Fsp3) is 0.300. The van der Waals surface area contributed by atoms with Gasteiger partial charge in [0.2, 0.25) is 0 Å². The number of benzene rings is 1. The molecule has 0 spiro atoms. The minimum Gasteiger partial charge on any atom is -0.409 e. The number of nitrogens with two attached hydrogens (primary N) is 1. The van der Waals surface area contributed by atoms with Gasteiger partial charge in [-0.25, -0.2) is 0 Å². The molecular formula is C10H12Cl2N2OS. The highest BCUT2D eigenvalue weighted by Gasteiger charge is 2.08. The molecule has 1 aromatic rings. The summed E-state index contributed by atoms with van der Waals surface area (Å²) in [5, 5.41) is 12.5. The van der Waals surface area contributed by atoms with Crippen LogP contribution in [0, 0.1) is 5.92 Å². The minimum absolute atomic E-state index is 0.00412. The highest BCUT2D eigenvalue weighted by molar-refractivity contribution is 7.99. The molecule has 0 fully saturated rings. The van der Waals surface area contributed by atoms with Crippen LogP contribution in [0.1, 0.15) is 6.92 Å². The Balaban J connectivity index is 2.58. The normalized spacial score (nSPS) is 13.8. The lowest BCUT2D eigenvalue weighted by atomic mass is 10.2. The molecule has 0 amide bonds. The molecule has 0 aliphatic heterocycles. The molecule has 1 rings (SSSR count). The fourth-order valence-corrected chi connectivity index (χ4v) is 2.31. The van der Waals surface area contributed by atoms with E-state index in [1.807, 2.05) is 13.0 Å². The average Bonchev–Trinajstić information content (AvgIpc) is 2.29. The zero-order chi connectivity index (χ0) is 12.1. The van der Waals surface area contributed by atoms with Gasteiger partial charge < -0.3 is 10.9 Å². The first-order valence-electron chi connectivity index (χ1n) is 4.60. The van der Waals surface area contributed by atoms with Gasteiger partial charge in [-0.1, -0.05) is 35.3 Å². The van der Waals surface area contributed by atoms with Gasteiger partial charge in [0.25, 0.3) is 0 Å². The second-order valence-corrected chi connectivity index (χ2v) is 5.22. The molecule has 0 heterocycles. The van der Waals surface area contributed by atoms with Crippen molar-refractivity contribution in [3.63, 3.8) is 0 Å². The quantitative estimate of drug-likeness (QED) is 0.292. The number of thioether (sulfide) groups is 1. The van der Waals surface area contributed by atoms with E-state index in [0.29, 0.717) is 15.8 Å². The Bertz CT molecular complexity index is 398. The second kappa shape index (κ2) is 6.23. The monoisotopic (exact) mass is 278 g/mol. The van der Waals surface area contributed by atoms with Crippen LogP contribution in [0.2, 0.25) is 10.0 Å².